The van der Waals surface area contributed by atoms with Crippen molar-refractivity contribution in [3.63, 3.8) is 0 Å². The Morgan fingerprint density at radius 3 is 2.07 bits per heavy atom. The molecule has 44 heavy (non-hydrogen) atoms. The molecule has 0 saturated heterocycles. The average Bonchev–Trinajstić information content (AvgIpc) is 3.40. The number of nitrogens with one attached hydrogen (secondary N) is 5. The minimum absolute atomic E-state index is 0.0321. The second kappa shape index (κ2) is 18.8. The number of aliphatic hydroxyl groups excluding tert-OH is 1. The van der Waals surface area contributed by atoms with E-state index in [4.69, 9.17) is 5.73 Å². The Morgan fingerprint density at radius 2 is 1.45 bits per heavy atom. The lowest BCUT2D eigenvalue weighted by Crippen LogP contribution is -2.60. The second-order valence-corrected chi connectivity index (χ2v) is 12.5. The minimum atomic E-state index is -1.60. The highest BCUT2D eigenvalue weighted by Gasteiger charge is 2.33. The second-order valence-electron chi connectivity index (χ2n) is 10.2. The van der Waals surface area contributed by atoms with Crippen molar-refractivity contribution >= 4 is 76.7 Å². The van der Waals surface area contributed by atoms with Crippen LogP contribution in [0.4, 0.5) is 0 Å². The van der Waals surface area contributed by atoms with Gasteiger partial charge >= 0.3 is 5.97 Å². The topological polar surface area (TPSA) is 216 Å². The molecule has 13 nitrogen and oxygen atoms in total. The van der Waals surface area contributed by atoms with Crippen LogP contribution < -0.4 is 27.0 Å². The van der Waals surface area contributed by atoms with Gasteiger partial charge in [0.15, 0.2) is 6.04 Å². The molecule has 0 radical (unpaired) electrons. The Hall–Kier alpha value is -2.92. The van der Waals surface area contributed by atoms with Gasteiger partial charge in [0.05, 0.1) is 12.1 Å². The molecule has 0 aliphatic heterocycles. The van der Waals surface area contributed by atoms with E-state index in [1.165, 1.54) is 18.7 Å². The number of carboxylic acids is 1. The molecule has 4 amide bonds. The molecular formula is C28H42N6O7S3. The molecule has 0 saturated carbocycles. The van der Waals surface area contributed by atoms with Crippen LogP contribution in [0.2, 0.25) is 0 Å². The van der Waals surface area contributed by atoms with Crippen molar-refractivity contribution in [3.8, 4) is 0 Å². The van der Waals surface area contributed by atoms with E-state index < -0.39 is 65.9 Å². The predicted molar refractivity (Wildman–Crippen MR) is 177 cm³/mol. The number of thioether (sulfide) groups is 2. The number of para-hydroxylation sites is 1. The number of aliphatic hydroxyl groups is 1. The van der Waals surface area contributed by atoms with Crippen molar-refractivity contribution < 1.29 is 34.2 Å². The van der Waals surface area contributed by atoms with Gasteiger partial charge in [-0.1, -0.05) is 18.2 Å². The molecule has 6 atom stereocenters. The number of carbonyl (C=O) groups is 5. The van der Waals surface area contributed by atoms with Gasteiger partial charge in [-0.05, 0) is 55.4 Å². The number of carboxylic acid groups (broad SMARTS) is 1. The van der Waals surface area contributed by atoms with Gasteiger partial charge < -0.3 is 42.2 Å². The molecule has 2 aromatic rings. The number of aliphatic carboxylic acids is 1. The zero-order chi connectivity index (χ0) is 32.8. The fourth-order valence-electron chi connectivity index (χ4n) is 4.27. The van der Waals surface area contributed by atoms with Crippen LogP contribution in [-0.2, 0) is 30.4 Å². The van der Waals surface area contributed by atoms with Crippen molar-refractivity contribution in [1.29, 1.82) is 0 Å². The number of hydrogen-bond donors (Lipinski definition) is 9. The molecule has 1 aromatic carbocycles. The summed E-state index contributed by atoms with van der Waals surface area (Å²) < 4.78 is 0. The van der Waals surface area contributed by atoms with Crippen LogP contribution in [0, 0.1) is 0 Å². The predicted octanol–water partition coefficient (Wildman–Crippen LogP) is -0.122. The summed E-state index contributed by atoms with van der Waals surface area (Å²) in [7, 11) is 0. The molecule has 0 fully saturated rings. The quantitative estimate of drug-likeness (QED) is 0.0903. The number of amides is 4. The Balaban J connectivity index is 2.32. The van der Waals surface area contributed by atoms with Gasteiger partial charge in [-0.25, -0.2) is 4.79 Å². The summed E-state index contributed by atoms with van der Waals surface area (Å²) in [4.78, 5) is 67.4. The summed E-state index contributed by atoms with van der Waals surface area (Å²) in [5, 5.41) is 30.1. The van der Waals surface area contributed by atoms with E-state index in [-0.39, 0.29) is 18.6 Å². The third-order valence-electron chi connectivity index (χ3n) is 6.81. The number of H-pyrrole nitrogens is 1. The number of aromatic amines is 1. The summed E-state index contributed by atoms with van der Waals surface area (Å²) in [6.45, 7) is 1.21. The summed E-state index contributed by atoms with van der Waals surface area (Å²) in [5.41, 5.74) is 7.56. The Morgan fingerprint density at radius 1 is 0.886 bits per heavy atom. The van der Waals surface area contributed by atoms with E-state index in [2.05, 4.69) is 38.9 Å². The molecule has 0 unspecified atom stereocenters. The summed E-state index contributed by atoms with van der Waals surface area (Å²) >= 11 is 7.18. The molecule has 2 rings (SSSR count). The zero-order valence-electron chi connectivity index (χ0n) is 24.9. The van der Waals surface area contributed by atoms with Crippen LogP contribution >= 0.6 is 36.2 Å². The van der Waals surface area contributed by atoms with E-state index >= 15 is 0 Å². The largest absolute Gasteiger partial charge is 0.480 e. The monoisotopic (exact) mass is 670 g/mol. The maximum atomic E-state index is 13.6. The van der Waals surface area contributed by atoms with Crippen LogP contribution in [0.1, 0.15) is 25.3 Å². The van der Waals surface area contributed by atoms with Gasteiger partial charge in [0.2, 0.25) is 23.6 Å². The van der Waals surface area contributed by atoms with Gasteiger partial charge in [0.25, 0.3) is 0 Å². The van der Waals surface area contributed by atoms with Crippen LogP contribution in [0.15, 0.2) is 30.5 Å². The first-order valence-corrected chi connectivity index (χ1v) is 17.4. The average molecular weight is 671 g/mol. The molecule has 1 aromatic heterocycles. The van der Waals surface area contributed by atoms with E-state index in [1.54, 1.807) is 18.0 Å². The number of rotatable bonds is 19. The van der Waals surface area contributed by atoms with Crippen LogP contribution in [-0.4, -0.2) is 111 Å². The molecule has 9 N–H and O–H groups in total. The van der Waals surface area contributed by atoms with Gasteiger partial charge in [0, 0.05) is 29.3 Å². The van der Waals surface area contributed by atoms with E-state index in [0.717, 1.165) is 16.5 Å². The van der Waals surface area contributed by atoms with Gasteiger partial charge in [-0.2, -0.15) is 36.2 Å². The lowest BCUT2D eigenvalue weighted by molar-refractivity contribution is -0.145. The molecule has 0 aliphatic rings. The van der Waals surface area contributed by atoms with Crippen molar-refractivity contribution in [2.75, 3.05) is 29.8 Å². The van der Waals surface area contributed by atoms with Gasteiger partial charge in [0.1, 0.15) is 18.1 Å². The normalized spacial score (nSPS) is 15.3. The highest BCUT2D eigenvalue weighted by atomic mass is 32.2. The lowest BCUT2D eigenvalue weighted by Gasteiger charge is -2.26. The van der Waals surface area contributed by atoms with E-state index in [9.17, 15) is 34.2 Å². The summed E-state index contributed by atoms with van der Waals surface area (Å²) in [6, 6.07) is 1.56. The maximum Gasteiger partial charge on any atom is 0.328 e. The van der Waals surface area contributed by atoms with Crippen molar-refractivity contribution in [2.45, 2.75) is 62.5 Å². The van der Waals surface area contributed by atoms with Gasteiger partial charge in [-0.15, -0.1) is 0 Å². The van der Waals surface area contributed by atoms with E-state index in [1.807, 2.05) is 36.8 Å². The highest BCUT2D eigenvalue weighted by Crippen LogP contribution is 2.19. The third-order valence-corrected chi connectivity index (χ3v) is 8.46. The molecule has 0 spiro atoms. The van der Waals surface area contributed by atoms with Crippen molar-refractivity contribution in [2.24, 2.45) is 5.73 Å². The first-order chi connectivity index (χ1) is 20.9. The lowest BCUT2D eigenvalue weighted by atomic mass is 10.0. The number of benzene rings is 1. The SMILES string of the molecule is CSCC[C@H](NC(=O)[C@@H](N)CCSC)C(=O)N[C@@H](Cc1c[nH]c2ccccc12)C(=O)N[C@@H](CS)C(=O)N[C@H](C(=O)O)[C@@H](C)O. The van der Waals surface area contributed by atoms with Crippen LogP contribution in [0.3, 0.4) is 0 Å². The first kappa shape index (κ1) is 37.3. The van der Waals surface area contributed by atoms with Crippen LogP contribution in [0.5, 0.6) is 0 Å². The fraction of sp³-hybridized carbons (Fsp3) is 0.536. The molecular weight excluding hydrogens is 629 g/mol. The summed E-state index contributed by atoms with van der Waals surface area (Å²) in [5.74, 6) is -3.10. The fourth-order valence-corrected chi connectivity index (χ4v) is 5.49. The van der Waals surface area contributed by atoms with Crippen molar-refractivity contribution in [3.05, 3.63) is 36.0 Å². The number of carbonyl (C=O) groups excluding carboxylic acids is 4. The molecule has 0 bridgehead atoms. The Bertz CT molecular complexity index is 1280. The Kier molecular flexibility index (Phi) is 15.9. The zero-order valence-corrected chi connectivity index (χ0v) is 27.4. The number of hydrogen-bond acceptors (Lipinski definition) is 10. The number of thiol groups is 1. The number of aromatic nitrogens is 1. The smallest absolute Gasteiger partial charge is 0.328 e. The number of nitrogens with two attached hydrogens (primary N) is 1. The first-order valence-electron chi connectivity index (χ1n) is 13.9. The maximum absolute atomic E-state index is 13.6. The molecule has 16 heteroatoms. The van der Waals surface area contributed by atoms with E-state index in [0.29, 0.717) is 17.9 Å². The third kappa shape index (κ3) is 11.2. The number of fused-ring (bicyclic) bond motifs is 1. The highest BCUT2D eigenvalue weighted by molar-refractivity contribution is 7.98. The Labute approximate surface area is 270 Å². The molecule has 1 heterocycles. The minimum Gasteiger partial charge on any atom is -0.480 e. The molecule has 0 aliphatic carbocycles. The van der Waals surface area contributed by atoms with Crippen LogP contribution in [0.25, 0.3) is 10.9 Å². The van der Waals surface area contributed by atoms with Gasteiger partial charge in [-0.3, -0.25) is 19.2 Å². The standard InChI is InChI=1S/C28H42N6O7S3/c1-15(35)23(28(40)41)34-27(39)22(14-42)33-26(38)21(12-16-13-30-19-7-5-4-6-17(16)19)32-25(37)20(9-11-44-3)31-24(36)18(29)8-10-43-2/h4-7,13,15,18,20-23,30,35,42H,8-12,14,29H2,1-3H3,(H,31,36)(H,32,37)(H,33,38)(H,34,39)(H,40,41)/t15-,18+,20+,21+,22+,23+/m1/s1. The molecule has 244 valence electrons. The summed E-state index contributed by atoms with van der Waals surface area (Å²) in [6.07, 6.45) is 4.83. The van der Waals surface area contributed by atoms with Crippen molar-refractivity contribution in [1.82, 2.24) is 26.3 Å².